The van der Waals surface area contributed by atoms with Gasteiger partial charge in [-0.25, -0.2) is 0 Å². The molecule has 134 valence electrons. The minimum atomic E-state index is -3.98. The number of hydrogen-bond acceptors (Lipinski definition) is 6. The van der Waals surface area contributed by atoms with Crippen molar-refractivity contribution < 1.29 is 22.1 Å². The molecule has 2 rings (SSSR count). The van der Waals surface area contributed by atoms with Gasteiger partial charge in [0, 0.05) is 11.8 Å². The molecular formula is C17H19NO5S2. The van der Waals surface area contributed by atoms with Crippen LogP contribution in [0.25, 0.3) is 0 Å². The Labute approximate surface area is 151 Å². The van der Waals surface area contributed by atoms with Crippen LogP contribution in [0.2, 0.25) is 0 Å². The molecule has 0 fully saturated rings. The molecule has 1 aromatic heterocycles. The van der Waals surface area contributed by atoms with E-state index in [1.165, 1.54) is 20.1 Å². The summed E-state index contributed by atoms with van der Waals surface area (Å²) < 4.78 is 35.4. The lowest BCUT2D eigenvalue weighted by atomic mass is 10.1. The number of amides is 1. The number of ether oxygens (including phenoxy) is 1. The zero-order chi connectivity index (χ0) is 18.4. The van der Waals surface area contributed by atoms with Crippen LogP contribution in [0.4, 0.5) is 0 Å². The number of carbonyl (C=O) groups excluding carboxylic acids is 1. The van der Waals surface area contributed by atoms with Crippen LogP contribution >= 0.6 is 11.3 Å². The summed E-state index contributed by atoms with van der Waals surface area (Å²) in [5.74, 6) is 0.267. The summed E-state index contributed by atoms with van der Waals surface area (Å²) in [6.07, 6.45) is 2.38. The van der Waals surface area contributed by atoms with Crippen LogP contribution in [-0.4, -0.2) is 21.4 Å². The van der Waals surface area contributed by atoms with E-state index in [-0.39, 0.29) is 22.4 Å². The Hall–Kier alpha value is -2.32. The SMILES string of the molecule is C=CCc1ccc(OS(=O)(=O)c2ccc(CNC(C)=O)s2)c(OC)c1. The lowest BCUT2D eigenvalue weighted by Crippen LogP contribution is -2.18. The van der Waals surface area contributed by atoms with Crippen molar-refractivity contribution in [1.29, 1.82) is 0 Å². The quantitative estimate of drug-likeness (QED) is 0.562. The van der Waals surface area contributed by atoms with E-state index in [1.54, 1.807) is 30.3 Å². The molecule has 0 saturated carbocycles. The fraction of sp³-hybridized carbons (Fsp3) is 0.235. The van der Waals surface area contributed by atoms with Gasteiger partial charge in [-0.05, 0) is 36.2 Å². The average Bonchev–Trinajstić information content (AvgIpc) is 3.04. The smallest absolute Gasteiger partial charge is 0.348 e. The van der Waals surface area contributed by atoms with Gasteiger partial charge in [-0.2, -0.15) is 8.42 Å². The highest BCUT2D eigenvalue weighted by molar-refractivity contribution is 7.89. The van der Waals surface area contributed by atoms with Crippen LogP contribution in [0.15, 0.2) is 47.2 Å². The second-order valence-electron chi connectivity index (χ2n) is 5.15. The highest BCUT2D eigenvalue weighted by Crippen LogP contribution is 2.32. The van der Waals surface area contributed by atoms with Crippen LogP contribution in [0.1, 0.15) is 17.4 Å². The highest BCUT2D eigenvalue weighted by Gasteiger charge is 2.21. The second kappa shape index (κ2) is 8.17. The van der Waals surface area contributed by atoms with Gasteiger partial charge in [-0.15, -0.1) is 17.9 Å². The fourth-order valence-corrected chi connectivity index (χ4v) is 4.23. The Morgan fingerprint density at radius 2 is 2.04 bits per heavy atom. The van der Waals surface area contributed by atoms with E-state index < -0.39 is 10.1 Å². The Morgan fingerprint density at radius 3 is 2.68 bits per heavy atom. The average molecular weight is 381 g/mol. The Morgan fingerprint density at radius 1 is 1.28 bits per heavy atom. The van der Waals surface area contributed by atoms with Crippen molar-refractivity contribution in [2.24, 2.45) is 0 Å². The molecule has 0 radical (unpaired) electrons. The summed E-state index contributed by atoms with van der Waals surface area (Å²) in [7, 11) is -2.54. The Bertz CT molecular complexity index is 871. The predicted molar refractivity (Wildman–Crippen MR) is 96.5 cm³/mol. The molecule has 0 aliphatic carbocycles. The minimum Gasteiger partial charge on any atom is -0.493 e. The highest BCUT2D eigenvalue weighted by atomic mass is 32.3. The van der Waals surface area contributed by atoms with Gasteiger partial charge in [0.15, 0.2) is 15.7 Å². The molecule has 1 heterocycles. The first kappa shape index (κ1) is 19.0. The third-order valence-electron chi connectivity index (χ3n) is 3.20. The van der Waals surface area contributed by atoms with E-state index in [0.717, 1.165) is 16.9 Å². The molecule has 0 atom stereocenters. The van der Waals surface area contributed by atoms with Gasteiger partial charge in [0.2, 0.25) is 5.91 Å². The van der Waals surface area contributed by atoms with Crippen LogP contribution in [0.5, 0.6) is 11.5 Å². The van der Waals surface area contributed by atoms with Gasteiger partial charge in [-0.3, -0.25) is 4.79 Å². The molecule has 6 nitrogen and oxygen atoms in total. The summed E-state index contributed by atoms with van der Waals surface area (Å²) in [6.45, 7) is 5.34. The molecule has 1 aromatic carbocycles. The molecule has 0 spiro atoms. The van der Waals surface area contributed by atoms with Crippen LogP contribution in [0, 0.1) is 0 Å². The first-order chi connectivity index (χ1) is 11.9. The zero-order valence-corrected chi connectivity index (χ0v) is 15.6. The Balaban J connectivity index is 2.21. The summed E-state index contributed by atoms with van der Waals surface area (Å²) in [6, 6.07) is 8.12. The van der Waals surface area contributed by atoms with E-state index >= 15 is 0 Å². The topological polar surface area (TPSA) is 81.7 Å². The third kappa shape index (κ3) is 5.07. The van der Waals surface area contributed by atoms with Gasteiger partial charge in [0.25, 0.3) is 0 Å². The van der Waals surface area contributed by atoms with Gasteiger partial charge < -0.3 is 14.2 Å². The molecule has 2 aromatic rings. The minimum absolute atomic E-state index is 0.0603. The largest absolute Gasteiger partial charge is 0.493 e. The molecule has 0 unspecified atom stereocenters. The van der Waals surface area contributed by atoms with Crippen molar-refractivity contribution in [1.82, 2.24) is 5.32 Å². The number of rotatable bonds is 8. The van der Waals surface area contributed by atoms with Crippen molar-refractivity contribution in [2.45, 2.75) is 24.1 Å². The van der Waals surface area contributed by atoms with Crippen LogP contribution in [0.3, 0.4) is 0 Å². The van der Waals surface area contributed by atoms with Crippen molar-refractivity contribution in [3.8, 4) is 11.5 Å². The van der Waals surface area contributed by atoms with E-state index in [1.807, 2.05) is 0 Å². The maximum Gasteiger partial charge on any atom is 0.348 e. The standard InChI is InChI=1S/C17H19NO5S2/c1-4-5-13-6-8-15(16(10-13)22-3)23-25(20,21)17-9-7-14(24-17)11-18-12(2)19/h4,6-10H,1,5,11H2,2-3H3,(H,18,19). The third-order valence-corrected chi connectivity index (χ3v) is 5.97. The lowest BCUT2D eigenvalue weighted by molar-refractivity contribution is -0.119. The van der Waals surface area contributed by atoms with E-state index in [9.17, 15) is 13.2 Å². The van der Waals surface area contributed by atoms with E-state index in [0.29, 0.717) is 17.0 Å². The first-order valence-electron chi connectivity index (χ1n) is 7.41. The molecule has 0 saturated heterocycles. The summed E-state index contributed by atoms with van der Waals surface area (Å²) in [5, 5.41) is 2.62. The second-order valence-corrected chi connectivity index (χ2v) is 8.09. The Kier molecular flexibility index (Phi) is 6.22. The number of methoxy groups -OCH3 is 1. The number of hydrogen-bond donors (Lipinski definition) is 1. The molecular weight excluding hydrogens is 362 g/mol. The van der Waals surface area contributed by atoms with Crippen LogP contribution < -0.4 is 14.2 Å². The maximum absolute atomic E-state index is 12.5. The molecule has 25 heavy (non-hydrogen) atoms. The van der Waals surface area contributed by atoms with Gasteiger partial charge in [0.1, 0.15) is 0 Å². The maximum atomic E-state index is 12.5. The van der Waals surface area contributed by atoms with Crippen molar-refractivity contribution in [2.75, 3.05) is 7.11 Å². The number of nitrogens with one attached hydrogen (secondary N) is 1. The van der Waals surface area contributed by atoms with E-state index in [2.05, 4.69) is 11.9 Å². The van der Waals surface area contributed by atoms with Gasteiger partial charge >= 0.3 is 10.1 Å². The molecule has 0 aliphatic heterocycles. The van der Waals surface area contributed by atoms with Crippen molar-refractivity contribution in [3.63, 3.8) is 0 Å². The molecule has 0 bridgehead atoms. The first-order valence-corrected chi connectivity index (χ1v) is 9.63. The molecule has 1 amide bonds. The normalized spacial score (nSPS) is 11.0. The fourth-order valence-electron chi connectivity index (χ4n) is 2.03. The van der Waals surface area contributed by atoms with Gasteiger partial charge in [0.05, 0.1) is 13.7 Å². The molecule has 1 N–H and O–H groups in total. The number of allylic oxidation sites excluding steroid dienone is 1. The zero-order valence-electron chi connectivity index (χ0n) is 13.9. The van der Waals surface area contributed by atoms with Crippen molar-refractivity contribution in [3.05, 3.63) is 53.4 Å². The summed E-state index contributed by atoms with van der Waals surface area (Å²) in [4.78, 5) is 11.7. The van der Waals surface area contributed by atoms with Crippen LogP contribution in [-0.2, 0) is 27.9 Å². The lowest BCUT2D eigenvalue weighted by Gasteiger charge is -2.11. The molecule has 8 heteroatoms. The summed E-state index contributed by atoms with van der Waals surface area (Å²) >= 11 is 1.04. The summed E-state index contributed by atoms with van der Waals surface area (Å²) in [5.41, 5.74) is 0.935. The van der Waals surface area contributed by atoms with Gasteiger partial charge in [-0.1, -0.05) is 12.1 Å². The number of benzene rings is 1. The monoisotopic (exact) mass is 381 g/mol. The predicted octanol–water partition coefficient (Wildman–Crippen LogP) is 2.89. The number of carbonyl (C=O) groups is 1. The van der Waals surface area contributed by atoms with E-state index in [4.69, 9.17) is 8.92 Å². The van der Waals surface area contributed by atoms with Crippen molar-refractivity contribution >= 4 is 27.4 Å². The molecule has 0 aliphatic rings. The number of thiophene rings is 1.